The molecule has 122 valence electrons. The van der Waals surface area contributed by atoms with Crippen LogP contribution in [0.1, 0.15) is 0 Å². The summed E-state index contributed by atoms with van der Waals surface area (Å²) in [6, 6.07) is 11.8. The van der Waals surface area contributed by atoms with Crippen LogP contribution in [0.25, 0.3) is 11.0 Å². The molecule has 3 rings (SSSR count). The number of hydrogen-bond donors (Lipinski definition) is 1. The van der Waals surface area contributed by atoms with Crippen molar-refractivity contribution in [3.63, 3.8) is 0 Å². The third-order valence-electron chi connectivity index (χ3n) is 3.86. The Morgan fingerprint density at radius 1 is 0.958 bits per heavy atom. The molecule has 0 aliphatic heterocycles. The first-order valence-corrected chi connectivity index (χ1v) is 7.10. The molecule has 0 spiro atoms. The third kappa shape index (κ3) is 2.43. The topological polar surface area (TPSA) is 99.2 Å². The minimum Gasteiger partial charge on any atom is -0.350 e. The van der Waals surface area contributed by atoms with E-state index < -0.39 is 16.0 Å². The number of fused-ring (bicyclic) bond motifs is 1. The monoisotopic (exact) mass is 326 g/mol. The van der Waals surface area contributed by atoms with E-state index in [9.17, 15) is 19.7 Å². The van der Waals surface area contributed by atoms with Crippen LogP contribution in [-0.4, -0.2) is 14.1 Å². The van der Waals surface area contributed by atoms with Crippen molar-refractivity contribution in [2.75, 3.05) is 5.32 Å². The highest BCUT2D eigenvalue weighted by atomic mass is 16.6. The number of nitro benzene ring substituents is 1. The number of para-hydroxylation sites is 1. The lowest BCUT2D eigenvalue weighted by Crippen LogP contribution is -2.39. The largest absolute Gasteiger partial charge is 0.350 e. The van der Waals surface area contributed by atoms with Gasteiger partial charge in [-0.3, -0.25) is 19.7 Å². The minimum absolute atomic E-state index is 0.181. The lowest BCUT2D eigenvalue weighted by molar-refractivity contribution is -0.383. The van der Waals surface area contributed by atoms with E-state index in [0.717, 1.165) is 4.57 Å². The second kappa shape index (κ2) is 5.65. The van der Waals surface area contributed by atoms with Crippen LogP contribution < -0.4 is 16.4 Å². The van der Waals surface area contributed by atoms with Gasteiger partial charge in [0.15, 0.2) is 0 Å². The molecule has 3 aromatic rings. The highest BCUT2D eigenvalue weighted by molar-refractivity contribution is 5.87. The summed E-state index contributed by atoms with van der Waals surface area (Å²) in [6.07, 6.45) is 0. The number of aryl methyl sites for hydroxylation is 2. The highest BCUT2D eigenvalue weighted by Gasteiger charge is 2.19. The second-order valence-electron chi connectivity index (χ2n) is 5.33. The average molecular weight is 326 g/mol. The Hall–Kier alpha value is -3.42. The second-order valence-corrected chi connectivity index (χ2v) is 5.33. The summed E-state index contributed by atoms with van der Waals surface area (Å²) in [4.78, 5) is 34.8. The Balaban J connectivity index is 2.33. The molecule has 0 fully saturated rings. The normalized spacial score (nSPS) is 10.8. The Kier molecular flexibility index (Phi) is 3.64. The molecule has 1 aromatic heterocycles. The Labute approximate surface area is 135 Å². The Bertz CT molecular complexity index is 1070. The molecule has 0 saturated carbocycles. The van der Waals surface area contributed by atoms with Crippen LogP contribution in [0.2, 0.25) is 0 Å². The van der Waals surface area contributed by atoms with Crippen LogP contribution in [0.3, 0.4) is 0 Å². The van der Waals surface area contributed by atoms with Gasteiger partial charge in [0.2, 0.25) is 0 Å². The fourth-order valence-corrected chi connectivity index (χ4v) is 2.54. The first-order valence-electron chi connectivity index (χ1n) is 7.10. The van der Waals surface area contributed by atoms with Crippen molar-refractivity contribution in [2.24, 2.45) is 14.1 Å². The van der Waals surface area contributed by atoms with Gasteiger partial charge < -0.3 is 14.5 Å². The van der Waals surface area contributed by atoms with E-state index in [4.69, 9.17) is 0 Å². The standard InChI is InChI=1S/C16H14N4O4/c1-18-13-8-11(17-10-6-4-3-5-7-10)12(20(23)24)9-14(13)19(2)16(22)15(18)21/h3-9,17H,1-2H3. The zero-order valence-corrected chi connectivity index (χ0v) is 13.0. The number of nitro groups is 1. The molecule has 0 aliphatic carbocycles. The van der Waals surface area contributed by atoms with Gasteiger partial charge in [-0.2, -0.15) is 0 Å². The summed E-state index contributed by atoms with van der Waals surface area (Å²) in [5, 5.41) is 14.4. The maximum atomic E-state index is 12.0. The molecular weight excluding hydrogens is 312 g/mol. The number of nitrogens with one attached hydrogen (secondary N) is 1. The van der Waals surface area contributed by atoms with Gasteiger partial charge in [-0.25, -0.2) is 0 Å². The van der Waals surface area contributed by atoms with Crippen LogP contribution in [0, 0.1) is 10.1 Å². The van der Waals surface area contributed by atoms with E-state index >= 15 is 0 Å². The minimum atomic E-state index is -0.733. The fraction of sp³-hybridized carbons (Fsp3) is 0.125. The van der Waals surface area contributed by atoms with Crippen molar-refractivity contribution in [1.29, 1.82) is 0 Å². The molecule has 0 amide bonds. The number of hydrogen-bond acceptors (Lipinski definition) is 5. The number of benzene rings is 2. The van der Waals surface area contributed by atoms with Crippen LogP contribution in [0.5, 0.6) is 0 Å². The van der Waals surface area contributed by atoms with Crippen molar-refractivity contribution in [3.05, 3.63) is 73.3 Å². The van der Waals surface area contributed by atoms with E-state index in [0.29, 0.717) is 16.7 Å². The van der Waals surface area contributed by atoms with E-state index in [-0.39, 0.29) is 11.4 Å². The van der Waals surface area contributed by atoms with E-state index in [1.54, 1.807) is 24.3 Å². The molecule has 1 heterocycles. The van der Waals surface area contributed by atoms with Gasteiger partial charge >= 0.3 is 11.1 Å². The van der Waals surface area contributed by atoms with E-state index in [1.165, 1.54) is 30.8 Å². The zero-order valence-electron chi connectivity index (χ0n) is 13.0. The van der Waals surface area contributed by atoms with Crippen molar-refractivity contribution in [2.45, 2.75) is 0 Å². The number of aromatic nitrogens is 2. The van der Waals surface area contributed by atoms with E-state index in [2.05, 4.69) is 5.32 Å². The number of anilines is 2. The summed E-state index contributed by atoms with van der Waals surface area (Å²) >= 11 is 0. The Morgan fingerprint density at radius 2 is 1.50 bits per heavy atom. The smallest absolute Gasteiger partial charge is 0.316 e. The maximum absolute atomic E-state index is 12.0. The molecule has 0 saturated heterocycles. The quantitative estimate of drug-likeness (QED) is 0.450. The van der Waals surface area contributed by atoms with Gasteiger partial charge in [-0.15, -0.1) is 0 Å². The molecule has 0 aliphatic rings. The fourth-order valence-electron chi connectivity index (χ4n) is 2.54. The van der Waals surface area contributed by atoms with Gasteiger partial charge in [0.1, 0.15) is 5.69 Å². The average Bonchev–Trinajstić information content (AvgIpc) is 2.58. The first kappa shape index (κ1) is 15.5. The Morgan fingerprint density at radius 3 is 2.04 bits per heavy atom. The van der Waals surface area contributed by atoms with Gasteiger partial charge in [-0.05, 0) is 18.2 Å². The van der Waals surface area contributed by atoms with Gasteiger partial charge in [0.05, 0.1) is 16.0 Å². The highest BCUT2D eigenvalue weighted by Crippen LogP contribution is 2.31. The summed E-state index contributed by atoms with van der Waals surface area (Å²) in [7, 11) is 2.88. The van der Waals surface area contributed by atoms with E-state index in [1.807, 2.05) is 6.07 Å². The molecule has 8 heteroatoms. The molecule has 0 bridgehead atoms. The molecule has 0 unspecified atom stereocenters. The predicted octanol–water partition coefficient (Wildman–Crippen LogP) is 1.89. The first-order chi connectivity index (χ1) is 11.4. The lowest BCUT2D eigenvalue weighted by atomic mass is 10.2. The van der Waals surface area contributed by atoms with Crippen molar-refractivity contribution in [1.82, 2.24) is 9.13 Å². The predicted molar refractivity (Wildman–Crippen MR) is 90.8 cm³/mol. The van der Waals surface area contributed by atoms with Gasteiger partial charge in [0, 0.05) is 25.8 Å². The maximum Gasteiger partial charge on any atom is 0.316 e. The van der Waals surface area contributed by atoms with Crippen LogP contribution in [-0.2, 0) is 14.1 Å². The molecule has 0 radical (unpaired) electrons. The molecule has 1 N–H and O–H groups in total. The lowest BCUT2D eigenvalue weighted by Gasteiger charge is -2.12. The molecule has 24 heavy (non-hydrogen) atoms. The van der Waals surface area contributed by atoms with Crippen LogP contribution >= 0.6 is 0 Å². The zero-order chi connectivity index (χ0) is 17.4. The molecule has 2 aromatic carbocycles. The SMILES string of the molecule is Cn1c(=O)c(=O)n(C)c2cc([N+](=O)[O-])c(Nc3ccccc3)cc21. The van der Waals surface area contributed by atoms with Crippen molar-refractivity contribution in [3.8, 4) is 0 Å². The molecule has 8 nitrogen and oxygen atoms in total. The number of rotatable bonds is 3. The number of nitrogens with zero attached hydrogens (tertiary/aromatic N) is 3. The summed E-state index contributed by atoms with van der Waals surface area (Å²) in [5.41, 5.74) is 0.0493. The molecule has 0 atom stereocenters. The van der Waals surface area contributed by atoms with Crippen LogP contribution in [0.4, 0.5) is 17.1 Å². The van der Waals surface area contributed by atoms with Crippen LogP contribution in [0.15, 0.2) is 52.1 Å². The molecular formula is C16H14N4O4. The summed E-state index contributed by atoms with van der Waals surface area (Å²) in [6.45, 7) is 0. The van der Waals surface area contributed by atoms with Crippen molar-refractivity contribution < 1.29 is 4.92 Å². The summed E-state index contributed by atoms with van der Waals surface area (Å²) in [5.74, 6) is 0. The summed E-state index contributed by atoms with van der Waals surface area (Å²) < 4.78 is 2.31. The van der Waals surface area contributed by atoms with Gasteiger partial charge in [-0.1, -0.05) is 18.2 Å². The van der Waals surface area contributed by atoms with Gasteiger partial charge in [0.25, 0.3) is 5.69 Å². The third-order valence-corrected chi connectivity index (χ3v) is 3.86. The van der Waals surface area contributed by atoms with Crippen molar-refractivity contribution >= 4 is 28.1 Å².